The first-order valence-corrected chi connectivity index (χ1v) is 10.8. The molecule has 0 radical (unpaired) electrons. The van der Waals surface area contributed by atoms with Gasteiger partial charge in [-0.1, -0.05) is 12.1 Å². The summed E-state index contributed by atoms with van der Waals surface area (Å²) in [6.07, 6.45) is 0.612. The summed E-state index contributed by atoms with van der Waals surface area (Å²) in [7, 11) is 0. The molecule has 1 atom stereocenters. The molecule has 0 spiro atoms. The van der Waals surface area contributed by atoms with Crippen molar-refractivity contribution in [3.8, 4) is 11.5 Å². The molecule has 1 fully saturated rings. The number of phenolic OH excluding ortho intramolecular Hbond substituents is 1. The Kier molecular flexibility index (Phi) is 7.53. The SMILES string of the molecule is CCOc1ccc(C(O)=C2C(=O)C(=O)N(CCCOC(C)C)C2c2ccc(O)cc2)cc1. The fourth-order valence-electron chi connectivity index (χ4n) is 3.70. The second kappa shape index (κ2) is 10.3. The first kappa shape index (κ1) is 23.3. The van der Waals surface area contributed by atoms with Crippen molar-refractivity contribution in [2.75, 3.05) is 19.8 Å². The zero-order valence-corrected chi connectivity index (χ0v) is 18.6. The van der Waals surface area contributed by atoms with E-state index in [4.69, 9.17) is 9.47 Å². The first-order chi connectivity index (χ1) is 15.3. The molecule has 0 bridgehead atoms. The number of aliphatic hydroxyl groups is 1. The maximum absolute atomic E-state index is 13.0. The van der Waals surface area contributed by atoms with E-state index in [1.54, 1.807) is 36.4 Å². The average molecular weight is 440 g/mol. The standard InChI is InChI=1S/C25H29NO6/c1-4-31-20-12-8-18(9-13-20)23(28)21-22(17-6-10-19(27)11-7-17)26(25(30)24(21)29)14-5-15-32-16(2)3/h6-13,16,22,27-28H,4-5,14-15H2,1-3H3. The molecule has 1 amide bonds. The number of carbonyl (C=O) groups is 2. The molecular weight excluding hydrogens is 410 g/mol. The maximum Gasteiger partial charge on any atom is 0.295 e. The van der Waals surface area contributed by atoms with E-state index in [9.17, 15) is 19.8 Å². The third kappa shape index (κ3) is 5.11. The highest BCUT2D eigenvalue weighted by Crippen LogP contribution is 2.40. The average Bonchev–Trinajstić information content (AvgIpc) is 3.02. The molecule has 3 rings (SSSR count). The van der Waals surface area contributed by atoms with E-state index in [0.717, 1.165) is 0 Å². The third-order valence-electron chi connectivity index (χ3n) is 5.18. The number of hydrogen-bond acceptors (Lipinski definition) is 6. The van der Waals surface area contributed by atoms with Crippen molar-refractivity contribution in [3.63, 3.8) is 0 Å². The Morgan fingerprint density at radius 1 is 1.06 bits per heavy atom. The molecule has 170 valence electrons. The lowest BCUT2D eigenvalue weighted by molar-refractivity contribution is -0.140. The number of ketones is 1. The van der Waals surface area contributed by atoms with Gasteiger partial charge >= 0.3 is 0 Å². The summed E-state index contributed by atoms with van der Waals surface area (Å²) in [5, 5.41) is 20.7. The van der Waals surface area contributed by atoms with Gasteiger partial charge in [0.15, 0.2) is 0 Å². The highest BCUT2D eigenvalue weighted by molar-refractivity contribution is 6.46. The highest BCUT2D eigenvalue weighted by Gasteiger charge is 2.45. The second-order valence-electron chi connectivity index (χ2n) is 7.81. The molecular formula is C25H29NO6. The lowest BCUT2D eigenvalue weighted by atomic mass is 9.95. The summed E-state index contributed by atoms with van der Waals surface area (Å²) < 4.78 is 11.0. The van der Waals surface area contributed by atoms with Gasteiger partial charge in [-0.05, 0) is 69.2 Å². The Balaban J connectivity index is 1.99. The molecule has 1 aliphatic heterocycles. The van der Waals surface area contributed by atoms with Gasteiger partial charge in [-0.2, -0.15) is 0 Å². The van der Waals surface area contributed by atoms with Crippen molar-refractivity contribution >= 4 is 17.4 Å². The van der Waals surface area contributed by atoms with Crippen LogP contribution in [0, 0.1) is 0 Å². The van der Waals surface area contributed by atoms with Crippen molar-refractivity contribution in [2.24, 2.45) is 0 Å². The molecule has 0 saturated carbocycles. The molecule has 1 heterocycles. The molecule has 2 N–H and O–H groups in total. The summed E-state index contributed by atoms with van der Waals surface area (Å²) in [5.41, 5.74) is 1.06. The predicted octanol–water partition coefficient (Wildman–Crippen LogP) is 4.03. The normalized spacial score (nSPS) is 17.9. The van der Waals surface area contributed by atoms with E-state index >= 15 is 0 Å². The van der Waals surface area contributed by atoms with E-state index in [-0.39, 0.29) is 23.2 Å². The van der Waals surface area contributed by atoms with Crippen molar-refractivity contribution in [3.05, 3.63) is 65.2 Å². The molecule has 2 aromatic carbocycles. The fraction of sp³-hybridized carbons (Fsp3) is 0.360. The van der Waals surface area contributed by atoms with Crippen LogP contribution in [0.4, 0.5) is 0 Å². The van der Waals surface area contributed by atoms with E-state index in [1.165, 1.54) is 17.0 Å². The molecule has 1 saturated heterocycles. The van der Waals surface area contributed by atoms with Gasteiger partial charge in [0.25, 0.3) is 11.7 Å². The van der Waals surface area contributed by atoms with Gasteiger partial charge in [0.2, 0.25) is 0 Å². The van der Waals surface area contributed by atoms with Crippen LogP contribution < -0.4 is 4.74 Å². The summed E-state index contributed by atoms with van der Waals surface area (Å²) in [6, 6.07) is 12.2. The van der Waals surface area contributed by atoms with Gasteiger partial charge in [-0.25, -0.2) is 0 Å². The zero-order chi connectivity index (χ0) is 23.3. The molecule has 0 aliphatic carbocycles. The van der Waals surface area contributed by atoms with Crippen LogP contribution >= 0.6 is 0 Å². The van der Waals surface area contributed by atoms with E-state index in [1.807, 2.05) is 20.8 Å². The number of aromatic hydroxyl groups is 1. The largest absolute Gasteiger partial charge is 0.508 e. The molecule has 0 aromatic heterocycles. The van der Waals surface area contributed by atoms with Crippen molar-refractivity contribution in [1.29, 1.82) is 0 Å². The van der Waals surface area contributed by atoms with Crippen LogP contribution in [-0.4, -0.2) is 52.7 Å². The van der Waals surface area contributed by atoms with Gasteiger partial charge in [0.05, 0.1) is 24.3 Å². The third-order valence-corrected chi connectivity index (χ3v) is 5.18. The Morgan fingerprint density at radius 3 is 2.31 bits per heavy atom. The molecule has 2 aromatic rings. The molecule has 32 heavy (non-hydrogen) atoms. The molecule has 7 nitrogen and oxygen atoms in total. The predicted molar refractivity (Wildman–Crippen MR) is 120 cm³/mol. The zero-order valence-electron chi connectivity index (χ0n) is 18.6. The Morgan fingerprint density at radius 2 is 1.72 bits per heavy atom. The Labute approximate surface area is 187 Å². The number of phenols is 1. The first-order valence-electron chi connectivity index (χ1n) is 10.8. The number of nitrogens with zero attached hydrogens (tertiary/aromatic N) is 1. The molecule has 1 unspecified atom stereocenters. The lowest BCUT2D eigenvalue weighted by Gasteiger charge is -2.25. The van der Waals surface area contributed by atoms with Crippen molar-refractivity contribution in [2.45, 2.75) is 39.3 Å². The number of likely N-dealkylation sites (tertiary alicyclic amines) is 1. The lowest BCUT2D eigenvalue weighted by Crippen LogP contribution is -2.31. The van der Waals surface area contributed by atoms with Gasteiger partial charge in [0.1, 0.15) is 17.3 Å². The van der Waals surface area contributed by atoms with Crippen LogP contribution in [0.5, 0.6) is 11.5 Å². The van der Waals surface area contributed by atoms with Crippen LogP contribution in [0.25, 0.3) is 5.76 Å². The van der Waals surface area contributed by atoms with Gasteiger partial charge in [-0.15, -0.1) is 0 Å². The van der Waals surface area contributed by atoms with Crippen LogP contribution in [0.15, 0.2) is 54.1 Å². The van der Waals surface area contributed by atoms with E-state index in [2.05, 4.69) is 0 Å². The highest BCUT2D eigenvalue weighted by atomic mass is 16.5. The van der Waals surface area contributed by atoms with E-state index < -0.39 is 17.7 Å². The van der Waals surface area contributed by atoms with Crippen LogP contribution in [-0.2, 0) is 14.3 Å². The van der Waals surface area contributed by atoms with Gasteiger partial charge in [-0.3, -0.25) is 9.59 Å². The minimum Gasteiger partial charge on any atom is -0.508 e. The van der Waals surface area contributed by atoms with E-state index in [0.29, 0.717) is 43.1 Å². The van der Waals surface area contributed by atoms with Crippen LogP contribution in [0.3, 0.4) is 0 Å². The van der Waals surface area contributed by atoms with Crippen molar-refractivity contribution in [1.82, 2.24) is 4.90 Å². The Bertz CT molecular complexity index is 978. The van der Waals surface area contributed by atoms with Gasteiger partial charge < -0.3 is 24.6 Å². The minimum absolute atomic E-state index is 0.0228. The number of rotatable bonds is 9. The quantitative estimate of drug-likeness (QED) is 0.265. The summed E-state index contributed by atoms with van der Waals surface area (Å²) in [4.78, 5) is 27.3. The maximum atomic E-state index is 13.0. The van der Waals surface area contributed by atoms with Crippen LogP contribution in [0.1, 0.15) is 44.4 Å². The minimum atomic E-state index is -0.763. The van der Waals surface area contributed by atoms with Gasteiger partial charge in [0, 0.05) is 18.7 Å². The number of benzene rings is 2. The number of carbonyl (C=O) groups excluding carboxylic acids is 2. The van der Waals surface area contributed by atoms with Crippen molar-refractivity contribution < 1.29 is 29.3 Å². The number of ether oxygens (including phenoxy) is 2. The Hall–Kier alpha value is -3.32. The smallest absolute Gasteiger partial charge is 0.295 e. The number of hydrogen-bond donors (Lipinski definition) is 2. The summed E-state index contributed by atoms with van der Waals surface area (Å²) in [5.74, 6) is -0.933. The topological polar surface area (TPSA) is 96.3 Å². The second-order valence-corrected chi connectivity index (χ2v) is 7.81. The fourth-order valence-corrected chi connectivity index (χ4v) is 3.70. The molecule has 7 heteroatoms. The van der Waals surface area contributed by atoms with Crippen LogP contribution in [0.2, 0.25) is 0 Å². The number of Topliss-reactive ketones (excluding diaryl/α,β-unsaturated/α-hetero) is 1. The molecule has 1 aliphatic rings. The number of aliphatic hydroxyl groups excluding tert-OH is 1. The summed E-state index contributed by atoms with van der Waals surface area (Å²) >= 11 is 0. The monoisotopic (exact) mass is 439 g/mol. The number of amides is 1. The summed E-state index contributed by atoms with van der Waals surface area (Å²) in [6.45, 7) is 6.99.